The second kappa shape index (κ2) is 8.94. The molecular formula is C19H23N5O4. The highest BCUT2D eigenvalue weighted by atomic mass is 16.5. The summed E-state index contributed by atoms with van der Waals surface area (Å²) >= 11 is 0. The van der Waals surface area contributed by atoms with Gasteiger partial charge >= 0.3 is 12.0 Å². The van der Waals surface area contributed by atoms with Crippen LogP contribution in [-0.4, -0.2) is 41.3 Å². The molecule has 3 aromatic rings. The first kappa shape index (κ1) is 19.3. The highest BCUT2D eigenvalue weighted by molar-refractivity contribution is 5.97. The van der Waals surface area contributed by atoms with Crippen molar-refractivity contribution in [2.75, 3.05) is 25.7 Å². The number of hydrogen-bond donors (Lipinski definition) is 1. The van der Waals surface area contributed by atoms with Gasteiger partial charge in [0, 0.05) is 31.0 Å². The minimum absolute atomic E-state index is 0.162. The molecule has 9 heteroatoms. The molecule has 0 aliphatic carbocycles. The number of ether oxygens (including phenoxy) is 2. The van der Waals surface area contributed by atoms with Gasteiger partial charge in [-0.1, -0.05) is 0 Å². The first-order chi connectivity index (χ1) is 13.6. The summed E-state index contributed by atoms with van der Waals surface area (Å²) in [5.41, 5.74) is 1.63. The number of anilines is 2. The molecule has 0 aliphatic rings. The number of aryl methyl sites for hydroxylation is 2. The number of nitrogens with zero attached hydrogens (tertiary/aromatic N) is 4. The van der Waals surface area contributed by atoms with E-state index in [0.717, 1.165) is 18.7 Å². The molecule has 0 bridgehead atoms. The van der Waals surface area contributed by atoms with Crippen LogP contribution in [0.2, 0.25) is 0 Å². The number of benzene rings is 1. The molecule has 0 saturated carbocycles. The number of aromatic nitrogens is 3. The van der Waals surface area contributed by atoms with Crippen molar-refractivity contribution in [1.82, 2.24) is 19.9 Å². The molecular weight excluding hydrogens is 362 g/mol. The predicted molar refractivity (Wildman–Crippen MR) is 103 cm³/mol. The lowest BCUT2D eigenvalue weighted by atomic mass is 10.2. The van der Waals surface area contributed by atoms with Gasteiger partial charge in [-0.3, -0.25) is 0 Å². The average Bonchev–Trinajstić information content (AvgIpc) is 3.37. The smallest absolute Gasteiger partial charge is 0.330 e. The van der Waals surface area contributed by atoms with Crippen molar-refractivity contribution in [3.8, 4) is 11.5 Å². The molecule has 0 unspecified atom stereocenters. The fourth-order valence-corrected chi connectivity index (χ4v) is 2.75. The molecule has 1 aromatic carbocycles. The number of hydrogen-bond acceptors (Lipinski definition) is 6. The van der Waals surface area contributed by atoms with Crippen LogP contribution in [0.15, 0.2) is 47.6 Å². The van der Waals surface area contributed by atoms with E-state index in [1.807, 2.05) is 11.5 Å². The van der Waals surface area contributed by atoms with Crippen molar-refractivity contribution in [3.05, 3.63) is 48.9 Å². The maximum Gasteiger partial charge on any atom is 0.330 e. The monoisotopic (exact) mass is 385 g/mol. The van der Waals surface area contributed by atoms with Gasteiger partial charge in [0.05, 0.1) is 32.4 Å². The first-order valence-electron chi connectivity index (χ1n) is 8.80. The summed E-state index contributed by atoms with van der Waals surface area (Å²) in [5.74, 6) is 1.06. The van der Waals surface area contributed by atoms with Gasteiger partial charge in [0.15, 0.2) is 11.5 Å². The Bertz CT molecular complexity index is 907. The summed E-state index contributed by atoms with van der Waals surface area (Å²) in [5, 5.41) is 2.90. The number of methoxy groups -OCH3 is 2. The second-order valence-corrected chi connectivity index (χ2v) is 6.00. The normalized spacial score (nSPS) is 10.5. The Morgan fingerprint density at radius 1 is 1.29 bits per heavy atom. The zero-order chi connectivity index (χ0) is 19.9. The van der Waals surface area contributed by atoms with Crippen molar-refractivity contribution in [3.63, 3.8) is 0 Å². The number of imidazole rings is 1. The van der Waals surface area contributed by atoms with Gasteiger partial charge in [-0.2, -0.15) is 0 Å². The molecule has 0 fully saturated rings. The highest BCUT2D eigenvalue weighted by Crippen LogP contribution is 2.34. The van der Waals surface area contributed by atoms with Crippen LogP contribution in [-0.2, 0) is 6.54 Å². The highest BCUT2D eigenvalue weighted by Gasteiger charge is 2.23. The molecule has 2 amide bonds. The van der Waals surface area contributed by atoms with Gasteiger partial charge in [-0.15, -0.1) is 0 Å². The quantitative estimate of drug-likeness (QED) is 0.599. The number of carbonyl (C=O) groups is 1. The van der Waals surface area contributed by atoms with Crippen molar-refractivity contribution in [2.24, 2.45) is 0 Å². The lowest BCUT2D eigenvalue weighted by Crippen LogP contribution is -2.37. The molecule has 0 aliphatic heterocycles. The van der Waals surface area contributed by atoms with E-state index in [4.69, 9.17) is 13.9 Å². The van der Waals surface area contributed by atoms with E-state index in [1.54, 1.807) is 37.8 Å². The third kappa shape index (κ3) is 4.25. The Balaban J connectivity index is 1.71. The lowest BCUT2D eigenvalue weighted by molar-refractivity contribution is 0.247. The number of amides is 2. The standard InChI is InChI=1S/C19H23N5O4/c1-14-12-20-13-23(14)9-4-7-21-18(25)24(19-22-8-10-28-19)15-5-6-16(26-2)17(11-15)27-3/h5-6,8,10-13H,4,7,9H2,1-3H3,(H,21,25). The first-order valence-corrected chi connectivity index (χ1v) is 8.80. The lowest BCUT2D eigenvalue weighted by Gasteiger charge is -2.20. The van der Waals surface area contributed by atoms with E-state index < -0.39 is 0 Å². The number of urea groups is 1. The van der Waals surface area contributed by atoms with Crippen molar-refractivity contribution in [1.29, 1.82) is 0 Å². The minimum Gasteiger partial charge on any atom is -0.493 e. The van der Waals surface area contributed by atoms with Gasteiger partial charge in [-0.25, -0.2) is 19.7 Å². The van der Waals surface area contributed by atoms with Crippen LogP contribution in [0.1, 0.15) is 12.1 Å². The van der Waals surface area contributed by atoms with Gasteiger partial charge in [0.25, 0.3) is 0 Å². The maximum atomic E-state index is 12.8. The fourth-order valence-electron chi connectivity index (χ4n) is 2.75. The van der Waals surface area contributed by atoms with Crippen LogP contribution >= 0.6 is 0 Å². The Hall–Kier alpha value is -3.49. The van der Waals surface area contributed by atoms with E-state index >= 15 is 0 Å². The van der Waals surface area contributed by atoms with E-state index in [-0.39, 0.29) is 12.0 Å². The molecule has 3 rings (SSSR count). The van der Waals surface area contributed by atoms with E-state index in [0.29, 0.717) is 23.7 Å². The van der Waals surface area contributed by atoms with Crippen LogP contribution in [0.5, 0.6) is 11.5 Å². The number of nitrogens with one attached hydrogen (secondary N) is 1. The van der Waals surface area contributed by atoms with Crippen molar-refractivity contribution < 1.29 is 18.7 Å². The SMILES string of the molecule is COc1ccc(N(C(=O)NCCCn2cncc2C)c2ncco2)cc1OC. The fraction of sp³-hybridized carbons (Fsp3) is 0.316. The van der Waals surface area contributed by atoms with Gasteiger partial charge in [0.2, 0.25) is 0 Å². The summed E-state index contributed by atoms with van der Waals surface area (Å²) in [6, 6.07) is 4.96. The molecule has 9 nitrogen and oxygen atoms in total. The van der Waals surface area contributed by atoms with E-state index in [1.165, 1.54) is 24.5 Å². The van der Waals surface area contributed by atoms with Crippen molar-refractivity contribution in [2.45, 2.75) is 19.9 Å². The topological polar surface area (TPSA) is 94.7 Å². The molecule has 148 valence electrons. The summed E-state index contributed by atoms with van der Waals surface area (Å²) in [4.78, 5) is 22.4. The van der Waals surface area contributed by atoms with Crippen LogP contribution in [0.4, 0.5) is 16.5 Å². The molecule has 1 N–H and O–H groups in total. The van der Waals surface area contributed by atoms with Crippen LogP contribution in [0.3, 0.4) is 0 Å². The molecule has 0 spiro atoms. The van der Waals surface area contributed by atoms with Crippen LogP contribution in [0.25, 0.3) is 0 Å². The molecule has 0 radical (unpaired) electrons. The summed E-state index contributed by atoms with van der Waals surface area (Å²) < 4.78 is 18.0. The molecule has 0 saturated heterocycles. The minimum atomic E-state index is -0.350. The van der Waals surface area contributed by atoms with Gasteiger partial charge < -0.3 is 23.8 Å². The average molecular weight is 385 g/mol. The third-order valence-corrected chi connectivity index (χ3v) is 4.21. The number of carbonyl (C=O) groups excluding carboxylic acids is 1. The molecule has 0 atom stereocenters. The molecule has 2 heterocycles. The van der Waals surface area contributed by atoms with Crippen LogP contribution < -0.4 is 19.7 Å². The number of rotatable bonds is 8. The Labute approximate surface area is 162 Å². The van der Waals surface area contributed by atoms with E-state index in [9.17, 15) is 4.79 Å². The molecule has 2 aromatic heterocycles. The second-order valence-electron chi connectivity index (χ2n) is 6.00. The Morgan fingerprint density at radius 3 is 2.75 bits per heavy atom. The largest absolute Gasteiger partial charge is 0.493 e. The zero-order valence-electron chi connectivity index (χ0n) is 16.1. The maximum absolute atomic E-state index is 12.8. The zero-order valence-corrected chi connectivity index (χ0v) is 16.1. The summed E-state index contributed by atoms with van der Waals surface area (Å²) in [6.07, 6.45) is 7.24. The Morgan fingerprint density at radius 2 is 2.11 bits per heavy atom. The van der Waals surface area contributed by atoms with Crippen LogP contribution in [0, 0.1) is 6.92 Å². The van der Waals surface area contributed by atoms with Crippen molar-refractivity contribution >= 4 is 17.7 Å². The molecule has 28 heavy (non-hydrogen) atoms. The summed E-state index contributed by atoms with van der Waals surface area (Å²) in [7, 11) is 3.09. The van der Waals surface area contributed by atoms with E-state index in [2.05, 4.69) is 15.3 Å². The third-order valence-electron chi connectivity index (χ3n) is 4.21. The van der Waals surface area contributed by atoms with Gasteiger partial charge in [0.1, 0.15) is 6.26 Å². The van der Waals surface area contributed by atoms with Gasteiger partial charge in [-0.05, 0) is 25.5 Å². The predicted octanol–water partition coefficient (Wildman–Crippen LogP) is 3.13. The summed E-state index contributed by atoms with van der Waals surface area (Å²) in [6.45, 7) is 3.25. The Kier molecular flexibility index (Phi) is 6.15. The number of oxazole rings is 1.